The summed E-state index contributed by atoms with van der Waals surface area (Å²) in [5, 5.41) is 2.89. The predicted octanol–water partition coefficient (Wildman–Crippen LogP) is 4.08. The van der Waals surface area contributed by atoms with Crippen LogP contribution >= 0.6 is 0 Å². The Hall–Kier alpha value is -3.27. The van der Waals surface area contributed by atoms with Gasteiger partial charge in [0.15, 0.2) is 0 Å². The summed E-state index contributed by atoms with van der Waals surface area (Å²) in [4.78, 5) is 14.9. The normalized spacial score (nSPS) is 12.7. The molecule has 1 amide bonds. The first kappa shape index (κ1) is 16.2. The summed E-state index contributed by atoms with van der Waals surface area (Å²) in [5.41, 5.74) is 11.5. The van der Waals surface area contributed by atoms with Crippen LogP contribution in [0.2, 0.25) is 0 Å². The second kappa shape index (κ2) is 6.92. The molecule has 4 rings (SSSR count). The number of hydrogen-bond donors (Lipinski definition) is 2. The van der Waals surface area contributed by atoms with Crippen molar-refractivity contribution >= 4 is 23.0 Å². The van der Waals surface area contributed by atoms with Crippen LogP contribution in [0.25, 0.3) is 0 Å². The molecule has 4 nitrogen and oxygen atoms in total. The maximum absolute atomic E-state index is 12.6. The molecule has 130 valence electrons. The maximum atomic E-state index is 12.6. The second-order valence-electron chi connectivity index (χ2n) is 6.54. The zero-order valence-corrected chi connectivity index (χ0v) is 14.5. The molecule has 0 spiro atoms. The molecule has 0 bridgehead atoms. The van der Waals surface area contributed by atoms with Crippen LogP contribution < -0.4 is 16.0 Å². The first-order chi connectivity index (χ1) is 12.7. The van der Waals surface area contributed by atoms with Crippen LogP contribution in [0.3, 0.4) is 0 Å². The third kappa shape index (κ3) is 3.26. The largest absolute Gasteiger partial charge is 0.397 e. The number of fused-ring (bicyclic) bond motifs is 1. The van der Waals surface area contributed by atoms with E-state index in [4.69, 9.17) is 5.73 Å². The highest BCUT2D eigenvalue weighted by Crippen LogP contribution is 2.29. The molecule has 3 aromatic rings. The lowest BCUT2D eigenvalue weighted by Crippen LogP contribution is -2.20. The summed E-state index contributed by atoms with van der Waals surface area (Å²) in [7, 11) is 0. The van der Waals surface area contributed by atoms with E-state index in [0.717, 1.165) is 25.1 Å². The third-order valence-electron chi connectivity index (χ3n) is 4.75. The number of carbonyl (C=O) groups excluding carboxylic acids is 1. The van der Waals surface area contributed by atoms with Gasteiger partial charge in [-0.3, -0.25) is 4.79 Å². The Morgan fingerprint density at radius 2 is 1.81 bits per heavy atom. The molecule has 1 heterocycles. The van der Waals surface area contributed by atoms with Crippen molar-refractivity contribution in [2.24, 2.45) is 0 Å². The Balaban J connectivity index is 1.50. The monoisotopic (exact) mass is 343 g/mol. The highest BCUT2D eigenvalue weighted by Gasteiger charge is 2.18. The number of rotatable bonds is 4. The molecule has 0 saturated heterocycles. The van der Waals surface area contributed by atoms with Gasteiger partial charge in [0.25, 0.3) is 5.91 Å². The molecule has 26 heavy (non-hydrogen) atoms. The topological polar surface area (TPSA) is 58.4 Å². The van der Waals surface area contributed by atoms with Gasteiger partial charge < -0.3 is 16.0 Å². The summed E-state index contributed by atoms with van der Waals surface area (Å²) in [6.45, 7) is 1.81. The third-order valence-corrected chi connectivity index (χ3v) is 4.75. The Morgan fingerprint density at radius 3 is 2.69 bits per heavy atom. The molecule has 4 heteroatoms. The highest BCUT2D eigenvalue weighted by molar-refractivity contribution is 6.05. The van der Waals surface area contributed by atoms with Crippen molar-refractivity contribution < 1.29 is 4.79 Å². The summed E-state index contributed by atoms with van der Waals surface area (Å²) < 4.78 is 0. The van der Waals surface area contributed by atoms with Gasteiger partial charge in [0.2, 0.25) is 0 Å². The second-order valence-corrected chi connectivity index (χ2v) is 6.54. The molecule has 3 aromatic carbocycles. The Morgan fingerprint density at radius 1 is 1.00 bits per heavy atom. The smallest absolute Gasteiger partial charge is 0.255 e. The quantitative estimate of drug-likeness (QED) is 0.702. The molecular weight excluding hydrogens is 322 g/mol. The fourth-order valence-electron chi connectivity index (χ4n) is 3.41. The fraction of sp³-hybridized carbons (Fsp3) is 0.136. The number of nitrogens with one attached hydrogen (secondary N) is 1. The standard InChI is InChI=1S/C22H21N3O/c23-19-9-2-3-10-20(19)24-22(26)18-8-5-6-16(14-18)15-25-13-12-17-7-1-4-11-21(17)25/h1-11,14H,12-13,15,23H2,(H,24,26). The van der Waals surface area contributed by atoms with Crippen LogP contribution in [-0.4, -0.2) is 12.5 Å². The molecule has 0 atom stereocenters. The summed E-state index contributed by atoms with van der Waals surface area (Å²) in [5.74, 6) is -0.147. The van der Waals surface area contributed by atoms with Crippen LogP contribution in [0, 0.1) is 0 Å². The van der Waals surface area contributed by atoms with Gasteiger partial charge in [-0.25, -0.2) is 0 Å². The van der Waals surface area contributed by atoms with Crippen LogP contribution in [0.15, 0.2) is 72.8 Å². The van der Waals surface area contributed by atoms with E-state index in [-0.39, 0.29) is 5.91 Å². The zero-order chi connectivity index (χ0) is 17.9. The number of para-hydroxylation sites is 3. The number of hydrogen-bond acceptors (Lipinski definition) is 3. The average Bonchev–Trinajstić information content (AvgIpc) is 3.07. The van der Waals surface area contributed by atoms with Crippen molar-refractivity contribution in [3.8, 4) is 0 Å². The van der Waals surface area contributed by atoms with Gasteiger partial charge in [0, 0.05) is 24.3 Å². The van der Waals surface area contributed by atoms with Crippen molar-refractivity contribution in [2.75, 3.05) is 22.5 Å². The minimum absolute atomic E-state index is 0.147. The molecular formula is C22H21N3O. The van der Waals surface area contributed by atoms with E-state index in [9.17, 15) is 4.79 Å². The Kier molecular flexibility index (Phi) is 4.32. The zero-order valence-electron chi connectivity index (χ0n) is 14.5. The average molecular weight is 343 g/mol. The first-order valence-corrected chi connectivity index (χ1v) is 8.78. The molecule has 1 aliphatic heterocycles. The van der Waals surface area contributed by atoms with Crippen molar-refractivity contribution in [3.63, 3.8) is 0 Å². The number of benzene rings is 3. The van der Waals surface area contributed by atoms with Gasteiger partial charge in [-0.1, -0.05) is 42.5 Å². The van der Waals surface area contributed by atoms with E-state index in [1.165, 1.54) is 11.3 Å². The van der Waals surface area contributed by atoms with Gasteiger partial charge in [-0.2, -0.15) is 0 Å². The molecule has 3 N–H and O–H groups in total. The minimum Gasteiger partial charge on any atom is -0.397 e. The summed E-state index contributed by atoms with van der Waals surface area (Å²) in [6, 6.07) is 23.6. The van der Waals surface area contributed by atoms with Gasteiger partial charge in [-0.05, 0) is 47.9 Å². The van der Waals surface area contributed by atoms with E-state index < -0.39 is 0 Å². The van der Waals surface area contributed by atoms with E-state index in [1.54, 1.807) is 12.1 Å². The van der Waals surface area contributed by atoms with Gasteiger partial charge in [0.1, 0.15) is 0 Å². The number of nitrogen functional groups attached to an aromatic ring is 1. The molecule has 0 unspecified atom stereocenters. The lowest BCUT2D eigenvalue weighted by Gasteiger charge is -2.19. The van der Waals surface area contributed by atoms with Crippen LogP contribution in [0.5, 0.6) is 0 Å². The minimum atomic E-state index is -0.147. The highest BCUT2D eigenvalue weighted by atomic mass is 16.1. The predicted molar refractivity (Wildman–Crippen MR) is 106 cm³/mol. The molecule has 0 fully saturated rings. The summed E-state index contributed by atoms with van der Waals surface area (Å²) in [6.07, 6.45) is 1.07. The number of anilines is 3. The molecule has 0 saturated carbocycles. The first-order valence-electron chi connectivity index (χ1n) is 8.78. The lowest BCUT2D eigenvalue weighted by atomic mass is 10.1. The molecule has 0 radical (unpaired) electrons. The van der Waals surface area contributed by atoms with Crippen molar-refractivity contribution in [1.82, 2.24) is 0 Å². The number of amides is 1. The molecule has 0 aliphatic carbocycles. The van der Waals surface area contributed by atoms with Crippen molar-refractivity contribution in [2.45, 2.75) is 13.0 Å². The Bertz CT molecular complexity index is 951. The van der Waals surface area contributed by atoms with Crippen LogP contribution in [0.1, 0.15) is 21.5 Å². The fourth-order valence-corrected chi connectivity index (χ4v) is 3.41. The maximum Gasteiger partial charge on any atom is 0.255 e. The summed E-state index contributed by atoms with van der Waals surface area (Å²) >= 11 is 0. The SMILES string of the molecule is Nc1ccccc1NC(=O)c1cccc(CN2CCc3ccccc32)c1. The van der Waals surface area contributed by atoms with Crippen LogP contribution in [-0.2, 0) is 13.0 Å². The van der Waals surface area contributed by atoms with Crippen molar-refractivity contribution in [3.05, 3.63) is 89.5 Å². The lowest BCUT2D eigenvalue weighted by molar-refractivity contribution is 0.102. The number of carbonyl (C=O) groups is 1. The van der Waals surface area contributed by atoms with Crippen LogP contribution in [0.4, 0.5) is 17.1 Å². The van der Waals surface area contributed by atoms with Gasteiger partial charge in [-0.15, -0.1) is 0 Å². The van der Waals surface area contributed by atoms with E-state index >= 15 is 0 Å². The Labute approximate surface area is 153 Å². The number of nitrogens with two attached hydrogens (primary N) is 1. The van der Waals surface area contributed by atoms with E-state index in [1.807, 2.05) is 30.3 Å². The molecule has 0 aromatic heterocycles. The van der Waals surface area contributed by atoms with Crippen molar-refractivity contribution in [1.29, 1.82) is 0 Å². The van der Waals surface area contributed by atoms with Gasteiger partial charge >= 0.3 is 0 Å². The van der Waals surface area contributed by atoms with E-state index in [2.05, 4.69) is 40.5 Å². The molecule has 1 aliphatic rings. The van der Waals surface area contributed by atoms with Gasteiger partial charge in [0.05, 0.1) is 11.4 Å². The number of nitrogens with zero attached hydrogens (tertiary/aromatic N) is 1. The van der Waals surface area contributed by atoms with E-state index in [0.29, 0.717) is 16.9 Å².